The number of hydrogen-bond donors (Lipinski definition) is 1. The molecule has 102 valence electrons. The summed E-state index contributed by atoms with van der Waals surface area (Å²) >= 11 is 0. The molecular weight excluding hydrogens is 250 g/mol. The van der Waals surface area contributed by atoms with Gasteiger partial charge in [-0.05, 0) is 48.7 Å². The zero-order valence-corrected chi connectivity index (χ0v) is 11.4. The standard InChI is InChI=1S/C16H17N3O/c1-12(18)7-13-3-2-4-16(9-13)20-11-14-5-6-19-15(8-14)10-17/h2-6,8-9,12H,7,11,18H2,1H3. The highest BCUT2D eigenvalue weighted by Crippen LogP contribution is 2.16. The molecule has 1 unspecified atom stereocenters. The molecule has 1 heterocycles. The van der Waals surface area contributed by atoms with Crippen molar-refractivity contribution in [1.82, 2.24) is 4.98 Å². The Morgan fingerprint density at radius 2 is 2.15 bits per heavy atom. The monoisotopic (exact) mass is 267 g/mol. The number of benzene rings is 1. The Morgan fingerprint density at radius 1 is 1.30 bits per heavy atom. The Bertz CT molecular complexity index is 617. The fourth-order valence-corrected chi connectivity index (χ4v) is 1.93. The van der Waals surface area contributed by atoms with Crippen LogP contribution in [0, 0.1) is 11.3 Å². The fourth-order valence-electron chi connectivity index (χ4n) is 1.93. The van der Waals surface area contributed by atoms with Crippen molar-refractivity contribution < 1.29 is 4.74 Å². The number of nitrogens with zero attached hydrogens (tertiary/aromatic N) is 2. The molecule has 0 amide bonds. The van der Waals surface area contributed by atoms with Crippen molar-refractivity contribution in [3.05, 3.63) is 59.4 Å². The molecule has 4 nitrogen and oxygen atoms in total. The minimum atomic E-state index is 0.128. The van der Waals surface area contributed by atoms with Crippen molar-refractivity contribution in [3.8, 4) is 11.8 Å². The summed E-state index contributed by atoms with van der Waals surface area (Å²) in [6, 6.07) is 13.6. The second-order valence-corrected chi connectivity index (χ2v) is 4.78. The van der Waals surface area contributed by atoms with E-state index in [9.17, 15) is 0 Å². The predicted molar refractivity (Wildman–Crippen MR) is 77.1 cm³/mol. The molecule has 1 aromatic heterocycles. The first kappa shape index (κ1) is 14.0. The molecule has 0 saturated heterocycles. The first-order valence-corrected chi connectivity index (χ1v) is 6.49. The Labute approximate surface area is 118 Å². The van der Waals surface area contributed by atoms with Crippen LogP contribution in [-0.2, 0) is 13.0 Å². The minimum absolute atomic E-state index is 0.128. The van der Waals surface area contributed by atoms with Crippen LogP contribution >= 0.6 is 0 Å². The number of pyridine rings is 1. The summed E-state index contributed by atoms with van der Waals surface area (Å²) in [7, 11) is 0. The first-order chi connectivity index (χ1) is 9.67. The SMILES string of the molecule is CC(N)Cc1cccc(OCc2ccnc(C#N)c2)c1. The molecule has 0 spiro atoms. The van der Waals surface area contributed by atoms with Crippen molar-refractivity contribution in [2.45, 2.75) is 26.0 Å². The Morgan fingerprint density at radius 3 is 2.90 bits per heavy atom. The molecule has 2 aromatic rings. The van der Waals surface area contributed by atoms with Gasteiger partial charge in [-0.2, -0.15) is 5.26 Å². The van der Waals surface area contributed by atoms with Crippen molar-refractivity contribution in [3.63, 3.8) is 0 Å². The quantitative estimate of drug-likeness (QED) is 0.903. The average molecular weight is 267 g/mol. The highest BCUT2D eigenvalue weighted by Gasteiger charge is 2.02. The molecule has 0 aliphatic rings. The van der Waals surface area contributed by atoms with E-state index >= 15 is 0 Å². The Hall–Kier alpha value is -2.38. The molecule has 0 fully saturated rings. The number of aromatic nitrogens is 1. The van der Waals surface area contributed by atoms with E-state index in [2.05, 4.69) is 4.98 Å². The second kappa shape index (κ2) is 6.69. The summed E-state index contributed by atoms with van der Waals surface area (Å²) in [5.74, 6) is 0.804. The van der Waals surface area contributed by atoms with E-state index in [-0.39, 0.29) is 6.04 Å². The second-order valence-electron chi connectivity index (χ2n) is 4.78. The van der Waals surface area contributed by atoms with Crippen molar-refractivity contribution in [2.75, 3.05) is 0 Å². The predicted octanol–water partition coefficient (Wildman–Crippen LogP) is 2.42. The molecule has 4 heteroatoms. The molecule has 20 heavy (non-hydrogen) atoms. The fraction of sp³-hybridized carbons (Fsp3) is 0.250. The summed E-state index contributed by atoms with van der Waals surface area (Å²) < 4.78 is 5.74. The number of nitriles is 1. The lowest BCUT2D eigenvalue weighted by Crippen LogP contribution is -2.17. The van der Waals surface area contributed by atoms with Gasteiger partial charge >= 0.3 is 0 Å². The largest absolute Gasteiger partial charge is 0.489 e. The third kappa shape index (κ3) is 4.08. The molecule has 1 atom stereocenters. The van der Waals surface area contributed by atoms with Gasteiger partial charge in [-0.15, -0.1) is 0 Å². The van der Waals surface area contributed by atoms with Gasteiger partial charge in [0.05, 0.1) is 0 Å². The van der Waals surface area contributed by atoms with E-state index in [1.54, 1.807) is 12.3 Å². The number of hydrogen-bond acceptors (Lipinski definition) is 4. The lowest BCUT2D eigenvalue weighted by atomic mass is 10.1. The molecule has 0 bridgehead atoms. The third-order valence-corrected chi connectivity index (χ3v) is 2.80. The average Bonchev–Trinajstić information content (AvgIpc) is 2.45. The lowest BCUT2D eigenvalue weighted by Gasteiger charge is -2.09. The number of nitrogens with two attached hydrogens (primary N) is 1. The van der Waals surface area contributed by atoms with E-state index in [0.717, 1.165) is 23.3 Å². The van der Waals surface area contributed by atoms with Crippen LogP contribution in [0.15, 0.2) is 42.6 Å². The highest BCUT2D eigenvalue weighted by molar-refractivity contribution is 5.30. The third-order valence-electron chi connectivity index (χ3n) is 2.80. The van der Waals surface area contributed by atoms with Gasteiger partial charge in [0.25, 0.3) is 0 Å². The summed E-state index contributed by atoms with van der Waals surface area (Å²) in [5, 5.41) is 8.80. The maximum atomic E-state index is 8.80. The summed E-state index contributed by atoms with van der Waals surface area (Å²) in [4.78, 5) is 3.93. The van der Waals surface area contributed by atoms with E-state index in [1.165, 1.54) is 0 Å². The normalized spacial score (nSPS) is 11.7. The Kier molecular flexibility index (Phi) is 4.70. The maximum absolute atomic E-state index is 8.80. The zero-order chi connectivity index (χ0) is 14.4. The molecule has 0 saturated carbocycles. The summed E-state index contributed by atoms with van der Waals surface area (Å²) in [5.41, 5.74) is 8.28. The van der Waals surface area contributed by atoms with Crippen LogP contribution < -0.4 is 10.5 Å². The van der Waals surface area contributed by atoms with Crippen molar-refractivity contribution in [1.29, 1.82) is 5.26 Å². The van der Waals surface area contributed by atoms with Crippen LogP contribution in [0.5, 0.6) is 5.75 Å². The first-order valence-electron chi connectivity index (χ1n) is 6.49. The molecular formula is C16H17N3O. The zero-order valence-electron chi connectivity index (χ0n) is 11.4. The Balaban J connectivity index is 2.01. The molecule has 0 radical (unpaired) electrons. The number of ether oxygens (including phenoxy) is 1. The molecule has 2 rings (SSSR count). The van der Waals surface area contributed by atoms with Crippen LogP contribution in [-0.4, -0.2) is 11.0 Å². The van der Waals surface area contributed by atoms with Gasteiger partial charge in [0.2, 0.25) is 0 Å². The van der Waals surface area contributed by atoms with Crippen LogP contribution in [0.4, 0.5) is 0 Å². The van der Waals surface area contributed by atoms with Crippen LogP contribution in [0.2, 0.25) is 0 Å². The smallest absolute Gasteiger partial charge is 0.140 e. The van der Waals surface area contributed by atoms with E-state index in [1.807, 2.05) is 43.3 Å². The molecule has 0 aliphatic carbocycles. The van der Waals surface area contributed by atoms with E-state index in [0.29, 0.717) is 12.3 Å². The van der Waals surface area contributed by atoms with Crippen molar-refractivity contribution in [2.24, 2.45) is 5.73 Å². The topological polar surface area (TPSA) is 71.9 Å². The van der Waals surface area contributed by atoms with Crippen LogP contribution in [0.3, 0.4) is 0 Å². The lowest BCUT2D eigenvalue weighted by molar-refractivity contribution is 0.305. The van der Waals surface area contributed by atoms with Gasteiger partial charge in [-0.25, -0.2) is 4.98 Å². The van der Waals surface area contributed by atoms with Crippen LogP contribution in [0.25, 0.3) is 0 Å². The van der Waals surface area contributed by atoms with Gasteiger partial charge in [-0.1, -0.05) is 12.1 Å². The van der Waals surface area contributed by atoms with Gasteiger partial charge in [-0.3, -0.25) is 0 Å². The summed E-state index contributed by atoms with van der Waals surface area (Å²) in [6.45, 7) is 2.40. The van der Waals surface area contributed by atoms with Crippen LogP contribution in [0.1, 0.15) is 23.7 Å². The highest BCUT2D eigenvalue weighted by atomic mass is 16.5. The van der Waals surface area contributed by atoms with Crippen molar-refractivity contribution >= 4 is 0 Å². The molecule has 0 aliphatic heterocycles. The number of rotatable bonds is 5. The molecule has 1 aromatic carbocycles. The van der Waals surface area contributed by atoms with Gasteiger partial charge in [0.1, 0.15) is 24.1 Å². The maximum Gasteiger partial charge on any atom is 0.140 e. The summed E-state index contributed by atoms with van der Waals surface area (Å²) in [6.07, 6.45) is 2.44. The van der Waals surface area contributed by atoms with Gasteiger partial charge in [0, 0.05) is 12.2 Å². The molecule has 2 N–H and O–H groups in total. The van der Waals surface area contributed by atoms with E-state index in [4.69, 9.17) is 15.7 Å². The van der Waals surface area contributed by atoms with Gasteiger partial charge < -0.3 is 10.5 Å². The minimum Gasteiger partial charge on any atom is -0.489 e. The van der Waals surface area contributed by atoms with E-state index < -0.39 is 0 Å². The van der Waals surface area contributed by atoms with Gasteiger partial charge in [0.15, 0.2) is 0 Å².